The van der Waals surface area contributed by atoms with E-state index in [-0.39, 0.29) is 18.1 Å². The van der Waals surface area contributed by atoms with Crippen molar-refractivity contribution in [1.29, 1.82) is 0 Å². The Kier molecular flexibility index (Phi) is 6.72. The van der Waals surface area contributed by atoms with Crippen molar-refractivity contribution in [3.8, 4) is 11.1 Å². The number of aromatic nitrogens is 4. The second-order valence-electron chi connectivity index (χ2n) is 8.74. The van der Waals surface area contributed by atoms with Crippen molar-refractivity contribution < 1.29 is 5.11 Å². The van der Waals surface area contributed by atoms with E-state index in [9.17, 15) is 9.90 Å². The van der Waals surface area contributed by atoms with Gasteiger partial charge in [0, 0.05) is 52.8 Å². The highest BCUT2D eigenvalue weighted by molar-refractivity contribution is 5.88. The largest absolute Gasteiger partial charge is 0.374 e. The van der Waals surface area contributed by atoms with Crippen molar-refractivity contribution in [3.05, 3.63) is 81.7 Å². The molecule has 0 amide bonds. The van der Waals surface area contributed by atoms with Gasteiger partial charge in [0.25, 0.3) is 5.56 Å². The fourth-order valence-corrected chi connectivity index (χ4v) is 4.29. The number of benzene rings is 1. The summed E-state index contributed by atoms with van der Waals surface area (Å²) in [4.78, 5) is 19.7. The predicted molar refractivity (Wildman–Crippen MR) is 131 cm³/mol. The zero-order valence-electron chi connectivity index (χ0n) is 19.6. The number of hydrogen-bond donors (Lipinski definition) is 3. The predicted octanol–water partition coefficient (Wildman–Crippen LogP) is 4.41. The fraction of sp³-hybridized carbons (Fsp3) is 0.346. The van der Waals surface area contributed by atoms with Gasteiger partial charge in [0.2, 0.25) is 0 Å². The number of hydrogen-bond acceptors (Lipinski definition) is 5. The zero-order valence-corrected chi connectivity index (χ0v) is 19.6. The third kappa shape index (κ3) is 4.74. The molecule has 0 aliphatic carbocycles. The Bertz CT molecular complexity index is 1310. The number of aryl methyl sites for hydroxylation is 2. The molecular formula is C26H31N5O2. The first-order valence-corrected chi connectivity index (χ1v) is 11.4. The van der Waals surface area contributed by atoms with Crippen LogP contribution in [0.25, 0.3) is 22.0 Å². The highest BCUT2D eigenvalue weighted by atomic mass is 16.3. The summed E-state index contributed by atoms with van der Waals surface area (Å²) in [5.74, 6) is 0. The second kappa shape index (κ2) is 9.68. The maximum absolute atomic E-state index is 12.6. The minimum atomic E-state index is -0.968. The number of aliphatic hydroxyl groups is 1. The van der Waals surface area contributed by atoms with Crippen LogP contribution in [0.3, 0.4) is 0 Å². The number of fused-ring (bicyclic) bond motifs is 1. The highest BCUT2D eigenvalue weighted by Gasteiger charge is 2.19. The van der Waals surface area contributed by atoms with Gasteiger partial charge in [-0.15, -0.1) is 0 Å². The van der Waals surface area contributed by atoms with E-state index >= 15 is 0 Å². The molecule has 1 aromatic carbocycles. The lowest BCUT2D eigenvalue weighted by Crippen LogP contribution is -2.27. The smallest absolute Gasteiger partial charge is 0.252 e. The van der Waals surface area contributed by atoms with E-state index in [1.165, 1.54) is 0 Å². The van der Waals surface area contributed by atoms with Crippen molar-refractivity contribution in [2.45, 2.75) is 59.4 Å². The normalized spacial score (nSPS) is 12.5. The number of nitrogens with zero attached hydrogens (tertiary/aromatic N) is 3. The minimum Gasteiger partial charge on any atom is -0.374 e. The Morgan fingerprint density at radius 2 is 2.00 bits per heavy atom. The van der Waals surface area contributed by atoms with Gasteiger partial charge in [-0.3, -0.25) is 19.8 Å². The van der Waals surface area contributed by atoms with Crippen molar-refractivity contribution in [2.24, 2.45) is 0 Å². The van der Waals surface area contributed by atoms with E-state index < -0.39 is 6.23 Å². The Hall–Kier alpha value is -3.29. The van der Waals surface area contributed by atoms with Gasteiger partial charge in [0.05, 0.1) is 11.7 Å². The molecule has 0 spiro atoms. The van der Waals surface area contributed by atoms with Gasteiger partial charge in [0.1, 0.15) is 6.23 Å². The van der Waals surface area contributed by atoms with Gasteiger partial charge in [0.15, 0.2) is 0 Å². The molecule has 1 atom stereocenters. The molecule has 0 bridgehead atoms. The van der Waals surface area contributed by atoms with Crippen LogP contribution in [0.1, 0.15) is 61.8 Å². The molecule has 0 aliphatic rings. The molecule has 0 saturated heterocycles. The van der Waals surface area contributed by atoms with Gasteiger partial charge < -0.3 is 10.1 Å². The Labute approximate surface area is 193 Å². The average molecular weight is 446 g/mol. The SMILES string of the molecule is CCCc1cc(C)[nH]c(=O)c1CNC(O)c1cc(-c2cccnc2)cc2c1cnn2C(C)C. The summed E-state index contributed by atoms with van der Waals surface area (Å²) in [7, 11) is 0. The van der Waals surface area contributed by atoms with Gasteiger partial charge in [-0.05, 0) is 62.6 Å². The number of nitrogens with one attached hydrogen (secondary N) is 2. The Morgan fingerprint density at radius 3 is 2.70 bits per heavy atom. The first-order valence-electron chi connectivity index (χ1n) is 11.4. The first kappa shape index (κ1) is 22.9. The van der Waals surface area contributed by atoms with Crippen LogP contribution in [-0.4, -0.2) is 24.9 Å². The summed E-state index contributed by atoms with van der Waals surface area (Å²) >= 11 is 0. The number of rotatable bonds is 8. The molecule has 0 fully saturated rings. The van der Waals surface area contributed by atoms with Crippen LogP contribution in [-0.2, 0) is 13.0 Å². The van der Waals surface area contributed by atoms with Crippen LogP contribution in [0.2, 0.25) is 0 Å². The molecule has 0 saturated carbocycles. The van der Waals surface area contributed by atoms with E-state index in [4.69, 9.17) is 0 Å². The minimum absolute atomic E-state index is 0.111. The maximum Gasteiger partial charge on any atom is 0.252 e. The molecule has 3 N–H and O–H groups in total. The molecule has 1 unspecified atom stereocenters. The first-order chi connectivity index (χ1) is 15.9. The van der Waals surface area contributed by atoms with E-state index in [1.54, 1.807) is 12.4 Å². The lowest BCUT2D eigenvalue weighted by atomic mass is 9.99. The molecule has 0 radical (unpaired) electrons. The van der Waals surface area contributed by atoms with Crippen LogP contribution < -0.4 is 10.9 Å². The quantitative estimate of drug-likeness (QED) is 0.349. The van der Waals surface area contributed by atoms with Crippen LogP contribution in [0.5, 0.6) is 0 Å². The lowest BCUT2D eigenvalue weighted by molar-refractivity contribution is 0.138. The molecule has 4 aromatic rings. The third-order valence-electron chi connectivity index (χ3n) is 5.88. The molecule has 7 nitrogen and oxygen atoms in total. The van der Waals surface area contributed by atoms with Crippen LogP contribution >= 0.6 is 0 Å². The summed E-state index contributed by atoms with van der Waals surface area (Å²) in [6.45, 7) is 8.41. The highest BCUT2D eigenvalue weighted by Crippen LogP contribution is 2.31. The number of aromatic amines is 1. The second-order valence-corrected chi connectivity index (χ2v) is 8.74. The molecule has 3 heterocycles. The van der Waals surface area contributed by atoms with E-state index in [1.807, 2.05) is 42.1 Å². The molecule has 3 aromatic heterocycles. The van der Waals surface area contributed by atoms with Crippen molar-refractivity contribution in [1.82, 2.24) is 25.1 Å². The van der Waals surface area contributed by atoms with E-state index in [0.717, 1.165) is 51.7 Å². The van der Waals surface area contributed by atoms with E-state index in [0.29, 0.717) is 5.56 Å². The van der Waals surface area contributed by atoms with Gasteiger partial charge >= 0.3 is 0 Å². The van der Waals surface area contributed by atoms with Gasteiger partial charge in [-0.2, -0.15) is 5.10 Å². The number of aliphatic hydroxyl groups excluding tert-OH is 1. The summed E-state index contributed by atoms with van der Waals surface area (Å²) in [5.41, 5.74) is 6.00. The summed E-state index contributed by atoms with van der Waals surface area (Å²) < 4.78 is 1.95. The standard InChI is InChI=1S/C26H31N5O2/c1-5-7-18-10-17(4)30-26(33)22(18)14-28-25(32)21-11-20(19-8-6-9-27-13-19)12-24-23(21)15-29-31(24)16(2)3/h6,8-13,15-16,25,28,32H,5,7,14H2,1-4H3,(H,30,33). The molecular weight excluding hydrogens is 414 g/mol. The molecule has 4 rings (SSSR count). The molecule has 7 heteroatoms. The Morgan fingerprint density at radius 1 is 1.18 bits per heavy atom. The van der Waals surface area contributed by atoms with Gasteiger partial charge in [-0.1, -0.05) is 19.4 Å². The number of pyridine rings is 2. The van der Waals surface area contributed by atoms with Crippen LogP contribution in [0.4, 0.5) is 0 Å². The van der Waals surface area contributed by atoms with E-state index in [2.05, 4.69) is 47.2 Å². The summed E-state index contributed by atoms with van der Waals surface area (Å²) in [5, 5.41) is 19.8. The summed E-state index contributed by atoms with van der Waals surface area (Å²) in [6, 6.07) is 10.1. The molecule has 0 aliphatic heterocycles. The monoisotopic (exact) mass is 445 g/mol. The fourth-order valence-electron chi connectivity index (χ4n) is 4.29. The van der Waals surface area contributed by atoms with Crippen molar-refractivity contribution in [2.75, 3.05) is 0 Å². The van der Waals surface area contributed by atoms with Crippen LogP contribution in [0, 0.1) is 6.92 Å². The Balaban J connectivity index is 1.73. The third-order valence-corrected chi connectivity index (χ3v) is 5.88. The topological polar surface area (TPSA) is 95.8 Å². The average Bonchev–Trinajstić information content (AvgIpc) is 3.23. The van der Waals surface area contributed by atoms with Crippen molar-refractivity contribution >= 4 is 10.9 Å². The molecule has 33 heavy (non-hydrogen) atoms. The summed E-state index contributed by atoms with van der Waals surface area (Å²) in [6.07, 6.45) is 6.14. The van der Waals surface area contributed by atoms with Crippen molar-refractivity contribution in [3.63, 3.8) is 0 Å². The molecule has 172 valence electrons. The van der Waals surface area contributed by atoms with Crippen LogP contribution in [0.15, 0.2) is 53.7 Å². The lowest BCUT2D eigenvalue weighted by Gasteiger charge is -2.18. The zero-order chi connectivity index (χ0) is 23.5. The number of H-pyrrole nitrogens is 1. The van der Waals surface area contributed by atoms with Gasteiger partial charge in [-0.25, -0.2) is 0 Å². The maximum atomic E-state index is 12.6.